The van der Waals surface area contributed by atoms with Crippen LogP contribution in [0.4, 0.5) is 0 Å². The molecule has 3 aromatic rings. The van der Waals surface area contributed by atoms with Gasteiger partial charge >= 0.3 is 59.1 Å². The van der Waals surface area contributed by atoms with Gasteiger partial charge in [0.1, 0.15) is 31.7 Å². The van der Waals surface area contributed by atoms with E-state index in [1.165, 1.54) is 0 Å². The summed E-state index contributed by atoms with van der Waals surface area (Å²) in [5.41, 5.74) is 0. The number of hydrogen-bond donors (Lipinski definition) is 0. The molecule has 0 amide bonds. The van der Waals surface area contributed by atoms with Gasteiger partial charge in [0, 0.05) is 0 Å². The first-order valence-corrected chi connectivity index (χ1v) is 10.3. The Morgan fingerprint density at radius 2 is 0.793 bits per heavy atom. The monoisotopic (exact) mass is 452 g/mol. The second kappa shape index (κ2) is 12.9. The first-order valence-electron chi connectivity index (χ1n) is 7.47. The first-order chi connectivity index (χ1) is 12.7. The fourth-order valence-corrected chi connectivity index (χ4v) is 3.71. The Morgan fingerprint density at radius 1 is 0.517 bits per heavy atom. The molecule has 29 heavy (non-hydrogen) atoms. The van der Waals surface area contributed by atoms with Gasteiger partial charge in [0.15, 0.2) is 0 Å². The summed E-state index contributed by atoms with van der Waals surface area (Å²) < 4.78 is 68.8. The van der Waals surface area contributed by atoms with Crippen LogP contribution in [0, 0.1) is 0 Å². The van der Waals surface area contributed by atoms with Gasteiger partial charge in [-0.25, -0.2) is 16.8 Å². The van der Waals surface area contributed by atoms with E-state index >= 15 is 0 Å². The van der Waals surface area contributed by atoms with Crippen molar-refractivity contribution in [3.63, 3.8) is 0 Å². The molecule has 0 saturated carbocycles. The summed E-state index contributed by atoms with van der Waals surface area (Å²) in [7, 11) is -9.89. The maximum atomic E-state index is 10.5. The Bertz CT molecular complexity index is 1000. The summed E-state index contributed by atoms with van der Waals surface area (Å²) in [5.74, 6) is 1.74. The minimum atomic E-state index is -4.95. The van der Waals surface area contributed by atoms with Gasteiger partial charge in [-0.3, -0.25) is 0 Å². The average molecular weight is 452 g/mol. The molecule has 0 radical (unpaired) electrons. The maximum absolute atomic E-state index is 10.5. The van der Waals surface area contributed by atoms with Crippen molar-refractivity contribution in [2.45, 2.75) is 9.79 Å². The van der Waals surface area contributed by atoms with Crippen LogP contribution in [0.5, 0.6) is 11.5 Å². The van der Waals surface area contributed by atoms with Gasteiger partial charge in [-0.15, -0.1) is 0 Å². The molecule has 0 saturated heterocycles. The van der Waals surface area contributed by atoms with Gasteiger partial charge < -0.3 is 13.8 Å². The number of rotatable bonds is 4. The third kappa shape index (κ3) is 9.75. The molecule has 0 bridgehead atoms. The third-order valence-corrected chi connectivity index (χ3v) is 5.03. The molecule has 0 fully saturated rings. The Kier molecular flexibility index (Phi) is 12.5. The van der Waals surface area contributed by atoms with Crippen molar-refractivity contribution in [2.75, 3.05) is 0 Å². The van der Waals surface area contributed by atoms with Crippen molar-refractivity contribution in [1.29, 1.82) is 0 Å². The smallest absolute Gasteiger partial charge is 0.744 e. The number of para-hydroxylation sites is 2. The number of benzene rings is 3. The van der Waals surface area contributed by atoms with Crippen LogP contribution in [0.3, 0.4) is 0 Å². The van der Waals surface area contributed by atoms with E-state index in [9.17, 15) is 25.9 Å². The molecule has 11 heteroatoms. The van der Waals surface area contributed by atoms with E-state index in [0.29, 0.717) is 0 Å². The topological polar surface area (TPSA) is 124 Å². The van der Waals surface area contributed by atoms with Crippen LogP contribution in [0.2, 0.25) is 0 Å². The van der Waals surface area contributed by atoms with Gasteiger partial charge in [0.2, 0.25) is 0 Å². The maximum Gasteiger partial charge on any atom is 1.00 e. The van der Waals surface area contributed by atoms with Crippen molar-refractivity contribution in [3.05, 3.63) is 84.9 Å². The molecular formula is C18H14Na2O7S2. The zero-order valence-corrected chi connectivity index (χ0v) is 21.4. The van der Waals surface area contributed by atoms with Gasteiger partial charge in [0.05, 0.1) is 9.79 Å². The van der Waals surface area contributed by atoms with Crippen LogP contribution in [-0.4, -0.2) is 25.9 Å². The predicted molar refractivity (Wildman–Crippen MR) is 95.3 cm³/mol. The Morgan fingerprint density at radius 3 is 1.07 bits per heavy atom. The molecule has 142 valence electrons. The molecule has 0 N–H and O–H groups in total. The fourth-order valence-electron chi connectivity index (χ4n) is 1.98. The normalized spacial score (nSPS) is 10.4. The van der Waals surface area contributed by atoms with E-state index in [4.69, 9.17) is 4.74 Å². The van der Waals surface area contributed by atoms with Crippen LogP contribution in [0.15, 0.2) is 94.7 Å². The number of hydrogen-bond acceptors (Lipinski definition) is 7. The zero-order valence-electron chi connectivity index (χ0n) is 15.8. The second-order valence-electron chi connectivity index (χ2n) is 5.08. The van der Waals surface area contributed by atoms with Gasteiger partial charge in [-0.1, -0.05) is 48.5 Å². The molecule has 0 aliphatic heterocycles. The summed E-state index contributed by atoms with van der Waals surface area (Å²) >= 11 is 0. The zero-order chi connectivity index (χ0) is 19.9. The van der Waals surface area contributed by atoms with Crippen molar-refractivity contribution in [2.24, 2.45) is 0 Å². The molecule has 0 heterocycles. The Hall–Kier alpha value is -0.720. The van der Waals surface area contributed by atoms with Gasteiger partial charge in [-0.2, -0.15) is 0 Å². The quantitative estimate of drug-likeness (QED) is 0.305. The van der Waals surface area contributed by atoms with E-state index in [1.807, 2.05) is 60.7 Å². The number of ether oxygens (including phenoxy) is 1. The van der Waals surface area contributed by atoms with Gasteiger partial charge in [-0.05, 0) is 36.4 Å². The van der Waals surface area contributed by atoms with E-state index in [2.05, 4.69) is 0 Å². The fraction of sp³-hybridized carbons (Fsp3) is 0. The van der Waals surface area contributed by atoms with E-state index < -0.39 is 30.0 Å². The van der Waals surface area contributed by atoms with Crippen LogP contribution in [-0.2, 0) is 20.2 Å². The largest absolute Gasteiger partial charge is 1.00 e. The molecule has 0 aliphatic rings. The SMILES string of the molecule is O=S(=O)([O-])c1ccccc1S(=O)(=O)[O-].[Na+].[Na+].c1ccc(Oc2ccccc2)cc1. The van der Waals surface area contributed by atoms with Gasteiger partial charge in [0.25, 0.3) is 0 Å². The molecule has 3 aromatic carbocycles. The standard InChI is InChI=1S/C12H10O.C6H6O6S2.2Na/c1-3-7-11(8-4-1)13-12-9-5-2-6-10-12;7-13(8,9)5-3-1-2-4-6(5)14(10,11)12;;/h1-10H;1-4H,(H,7,8,9)(H,10,11,12);;/q;;2*+1/p-2. The molecule has 0 aromatic heterocycles. The van der Waals surface area contributed by atoms with Crippen molar-refractivity contribution < 1.29 is 89.8 Å². The minimum Gasteiger partial charge on any atom is -0.744 e. The van der Waals surface area contributed by atoms with Crippen molar-refractivity contribution in [1.82, 2.24) is 0 Å². The minimum absolute atomic E-state index is 0. The summed E-state index contributed by atoms with van der Waals surface area (Å²) in [5, 5.41) is 0. The summed E-state index contributed by atoms with van der Waals surface area (Å²) in [6.07, 6.45) is 0. The molecule has 0 spiro atoms. The van der Waals surface area contributed by atoms with Crippen LogP contribution in [0.25, 0.3) is 0 Å². The van der Waals surface area contributed by atoms with Crippen molar-refractivity contribution >= 4 is 20.2 Å². The summed E-state index contributed by atoms with van der Waals surface area (Å²) in [6.45, 7) is 0. The van der Waals surface area contributed by atoms with E-state index in [1.54, 1.807) is 0 Å². The second-order valence-corrected chi connectivity index (χ2v) is 7.78. The third-order valence-electron chi connectivity index (χ3n) is 3.11. The first kappa shape index (κ1) is 28.3. The predicted octanol–water partition coefficient (Wildman–Crippen LogP) is -3.02. The van der Waals surface area contributed by atoms with Crippen LogP contribution in [0.1, 0.15) is 0 Å². The molecule has 0 aliphatic carbocycles. The van der Waals surface area contributed by atoms with E-state index in [-0.39, 0.29) is 59.1 Å². The molecular weight excluding hydrogens is 438 g/mol. The van der Waals surface area contributed by atoms with Crippen molar-refractivity contribution in [3.8, 4) is 11.5 Å². The summed E-state index contributed by atoms with van der Waals surface area (Å²) in [6, 6.07) is 23.4. The molecule has 3 rings (SSSR count). The van der Waals surface area contributed by atoms with Crippen LogP contribution >= 0.6 is 0 Å². The molecule has 0 atom stereocenters. The Balaban J connectivity index is 0.000000506. The molecule has 7 nitrogen and oxygen atoms in total. The van der Waals surface area contributed by atoms with E-state index in [0.717, 1.165) is 35.8 Å². The summed E-state index contributed by atoms with van der Waals surface area (Å²) in [4.78, 5) is -2.04. The van der Waals surface area contributed by atoms with Crippen LogP contribution < -0.4 is 63.9 Å². The average Bonchev–Trinajstić information content (AvgIpc) is 2.63. The molecule has 0 unspecified atom stereocenters. The Labute approximate surface area is 214 Å².